The molecular formula is C14H12ClN3O. The summed E-state index contributed by atoms with van der Waals surface area (Å²) < 4.78 is 0. The van der Waals surface area contributed by atoms with Crippen molar-refractivity contribution in [2.75, 3.05) is 11.9 Å². The monoisotopic (exact) mass is 273 g/mol. The third-order valence-electron chi connectivity index (χ3n) is 2.69. The van der Waals surface area contributed by atoms with E-state index in [1.165, 1.54) is 0 Å². The molecule has 1 unspecified atom stereocenters. The molecule has 0 saturated carbocycles. The van der Waals surface area contributed by atoms with Crippen LogP contribution in [-0.2, 0) is 0 Å². The summed E-state index contributed by atoms with van der Waals surface area (Å²) in [6.07, 6.45) is 1.60. The molecule has 0 saturated heterocycles. The normalized spacial score (nSPS) is 11.6. The van der Waals surface area contributed by atoms with E-state index in [0.717, 1.165) is 5.56 Å². The summed E-state index contributed by atoms with van der Waals surface area (Å²) in [5.41, 5.74) is 1.32. The zero-order chi connectivity index (χ0) is 13.7. The van der Waals surface area contributed by atoms with Gasteiger partial charge < -0.3 is 10.4 Å². The Balaban J connectivity index is 2.24. The van der Waals surface area contributed by atoms with Crippen LogP contribution in [0.3, 0.4) is 0 Å². The molecule has 0 bridgehead atoms. The maximum atomic E-state index is 9.47. The van der Waals surface area contributed by atoms with E-state index in [-0.39, 0.29) is 12.6 Å². The van der Waals surface area contributed by atoms with Gasteiger partial charge in [-0.15, -0.1) is 0 Å². The van der Waals surface area contributed by atoms with Gasteiger partial charge in [0.05, 0.1) is 18.2 Å². The fraction of sp³-hybridized carbons (Fsp3) is 0.143. The van der Waals surface area contributed by atoms with Gasteiger partial charge in [0, 0.05) is 11.2 Å². The quantitative estimate of drug-likeness (QED) is 0.899. The number of pyridine rings is 1. The van der Waals surface area contributed by atoms with Gasteiger partial charge in [-0.2, -0.15) is 5.26 Å². The second-order valence-corrected chi connectivity index (χ2v) is 4.38. The summed E-state index contributed by atoms with van der Waals surface area (Å²) >= 11 is 5.83. The molecule has 0 aliphatic heterocycles. The molecule has 2 N–H and O–H groups in total. The summed E-state index contributed by atoms with van der Waals surface area (Å²) in [5.74, 6) is 0.457. The van der Waals surface area contributed by atoms with Gasteiger partial charge in [0.2, 0.25) is 0 Å². The Morgan fingerprint density at radius 3 is 2.68 bits per heavy atom. The number of nitriles is 1. The van der Waals surface area contributed by atoms with E-state index in [0.29, 0.717) is 16.4 Å². The van der Waals surface area contributed by atoms with Gasteiger partial charge in [-0.25, -0.2) is 4.98 Å². The van der Waals surface area contributed by atoms with Gasteiger partial charge in [0.15, 0.2) is 0 Å². The van der Waals surface area contributed by atoms with Crippen molar-refractivity contribution in [3.63, 3.8) is 0 Å². The molecule has 5 heteroatoms. The van der Waals surface area contributed by atoms with Crippen molar-refractivity contribution in [1.82, 2.24) is 4.98 Å². The molecule has 0 amide bonds. The molecule has 1 aromatic heterocycles. The van der Waals surface area contributed by atoms with Gasteiger partial charge in [-0.05, 0) is 29.8 Å². The molecular weight excluding hydrogens is 262 g/mol. The molecule has 96 valence electrons. The standard InChI is InChI=1S/C14H12ClN3O/c15-12-5-3-10(4-6-12)13(9-19)18-14-11(8-16)2-1-7-17-14/h1-7,13,19H,9H2,(H,17,18). The Morgan fingerprint density at radius 2 is 2.05 bits per heavy atom. The van der Waals surface area contributed by atoms with E-state index >= 15 is 0 Å². The van der Waals surface area contributed by atoms with Crippen LogP contribution in [0.5, 0.6) is 0 Å². The van der Waals surface area contributed by atoms with E-state index in [9.17, 15) is 5.11 Å². The highest BCUT2D eigenvalue weighted by Gasteiger charge is 2.12. The Kier molecular flexibility index (Phi) is 4.35. The van der Waals surface area contributed by atoms with Crippen LogP contribution in [0.15, 0.2) is 42.6 Å². The number of hydrogen-bond donors (Lipinski definition) is 2. The van der Waals surface area contributed by atoms with Crippen molar-refractivity contribution in [3.8, 4) is 6.07 Å². The maximum Gasteiger partial charge on any atom is 0.144 e. The number of nitrogens with one attached hydrogen (secondary N) is 1. The van der Waals surface area contributed by atoms with Crippen LogP contribution in [0.2, 0.25) is 5.02 Å². The maximum absolute atomic E-state index is 9.47. The summed E-state index contributed by atoms with van der Waals surface area (Å²) in [6, 6.07) is 12.2. The molecule has 2 aromatic rings. The van der Waals surface area contributed by atoms with Crippen LogP contribution in [0.25, 0.3) is 0 Å². The van der Waals surface area contributed by atoms with E-state index in [1.807, 2.05) is 12.1 Å². The highest BCUT2D eigenvalue weighted by atomic mass is 35.5. The minimum atomic E-state index is -0.334. The van der Waals surface area contributed by atoms with E-state index in [1.54, 1.807) is 30.5 Å². The Bertz CT molecular complexity index is 592. The van der Waals surface area contributed by atoms with E-state index in [4.69, 9.17) is 16.9 Å². The summed E-state index contributed by atoms with van der Waals surface area (Å²) in [4.78, 5) is 4.11. The number of nitrogens with zero attached hydrogens (tertiary/aromatic N) is 2. The average Bonchev–Trinajstić information content (AvgIpc) is 2.46. The van der Waals surface area contributed by atoms with Crippen LogP contribution >= 0.6 is 11.6 Å². The number of halogens is 1. The minimum absolute atomic E-state index is 0.108. The van der Waals surface area contributed by atoms with E-state index < -0.39 is 0 Å². The lowest BCUT2D eigenvalue weighted by Crippen LogP contribution is -2.16. The largest absolute Gasteiger partial charge is 0.394 e. The highest BCUT2D eigenvalue weighted by Crippen LogP contribution is 2.21. The number of hydrogen-bond acceptors (Lipinski definition) is 4. The molecule has 1 heterocycles. The number of aliphatic hydroxyl groups is 1. The summed E-state index contributed by atoms with van der Waals surface area (Å²) in [6.45, 7) is -0.108. The fourth-order valence-electron chi connectivity index (χ4n) is 1.71. The lowest BCUT2D eigenvalue weighted by molar-refractivity contribution is 0.276. The zero-order valence-corrected chi connectivity index (χ0v) is 10.8. The van der Waals surface area contributed by atoms with Crippen LogP contribution in [-0.4, -0.2) is 16.7 Å². The molecule has 0 spiro atoms. The molecule has 0 aliphatic rings. The second-order valence-electron chi connectivity index (χ2n) is 3.94. The van der Waals surface area contributed by atoms with Crippen LogP contribution in [0, 0.1) is 11.3 Å². The fourth-order valence-corrected chi connectivity index (χ4v) is 1.83. The predicted octanol–water partition coefficient (Wildman–Crippen LogP) is 2.75. The van der Waals surface area contributed by atoms with Crippen molar-refractivity contribution in [1.29, 1.82) is 5.26 Å². The van der Waals surface area contributed by atoms with Crippen molar-refractivity contribution in [2.45, 2.75) is 6.04 Å². The second kappa shape index (κ2) is 6.19. The van der Waals surface area contributed by atoms with Crippen molar-refractivity contribution >= 4 is 17.4 Å². The molecule has 2 rings (SSSR count). The van der Waals surface area contributed by atoms with Crippen LogP contribution in [0.4, 0.5) is 5.82 Å². The number of benzene rings is 1. The third kappa shape index (κ3) is 3.22. The molecule has 4 nitrogen and oxygen atoms in total. The lowest BCUT2D eigenvalue weighted by Gasteiger charge is -2.18. The number of anilines is 1. The first-order valence-electron chi connectivity index (χ1n) is 5.72. The molecule has 0 fully saturated rings. The number of aliphatic hydroxyl groups excluding tert-OH is 1. The van der Waals surface area contributed by atoms with Gasteiger partial charge >= 0.3 is 0 Å². The van der Waals surface area contributed by atoms with E-state index in [2.05, 4.69) is 16.4 Å². The van der Waals surface area contributed by atoms with Crippen LogP contribution in [0.1, 0.15) is 17.2 Å². The molecule has 0 aliphatic carbocycles. The smallest absolute Gasteiger partial charge is 0.144 e. The highest BCUT2D eigenvalue weighted by molar-refractivity contribution is 6.30. The molecule has 0 radical (unpaired) electrons. The lowest BCUT2D eigenvalue weighted by atomic mass is 10.1. The Morgan fingerprint density at radius 1 is 1.32 bits per heavy atom. The average molecular weight is 274 g/mol. The SMILES string of the molecule is N#Cc1cccnc1NC(CO)c1ccc(Cl)cc1. The molecule has 1 aromatic carbocycles. The summed E-state index contributed by atoms with van der Waals surface area (Å²) in [5, 5.41) is 22.2. The minimum Gasteiger partial charge on any atom is -0.394 e. The summed E-state index contributed by atoms with van der Waals surface area (Å²) in [7, 11) is 0. The van der Waals surface area contributed by atoms with Gasteiger partial charge in [-0.3, -0.25) is 0 Å². The predicted molar refractivity (Wildman–Crippen MR) is 73.9 cm³/mol. The topological polar surface area (TPSA) is 68.9 Å². The zero-order valence-electron chi connectivity index (χ0n) is 10.0. The number of aromatic nitrogens is 1. The van der Waals surface area contributed by atoms with Gasteiger partial charge in [0.1, 0.15) is 11.9 Å². The first-order chi connectivity index (χ1) is 9.24. The first kappa shape index (κ1) is 13.3. The Labute approximate surface area is 116 Å². The van der Waals surface area contributed by atoms with Gasteiger partial charge in [0.25, 0.3) is 0 Å². The van der Waals surface area contributed by atoms with Gasteiger partial charge in [-0.1, -0.05) is 23.7 Å². The molecule has 19 heavy (non-hydrogen) atoms. The number of rotatable bonds is 4. The first-order valence-corrected chi connectivity index (χ1v) is 6.10. The molecule has 1 atom stereocenters. The van der Waals surface area contributed by atoms with Crippen molar-refractivity contribution in [3.05, 3.63) is 58.7 Å². The van der Waals surface area contributed by atoms with Crippen molar-refractivity contribution < 1.29 is 5.11 Å². The van der Waals surface area contributed by atoms with Crippen molar-refractivity contribution in [2.24, 2.45) is 0 Å². The third-order valence-corrected chi connectivity index (χ3v) is 2.95. The Hall–Kier alpha value is -2.09. The van der Waals surface area contributed by atoms with Crippen LogP contribution < -0.4 is 5.32 Å².